The number of hydrogen-bond donors (Lipinski definition) is 1. The molecule has 0 unspecified atom stereocenters. The molecule has 1 aliphatic rings. The van der Waals surface area contributed by atoms with Crippen LogP contribution < -0.4 is 10.9 Å². The van der Waals surface area contributed by atoms with Crippen molar-refractivity contribution in [3.05, 3.63) is 64.4 Å². The summed E-state index contributed by atoms with van der Waals surface area (Å²) in [6.45, 7) is 3.85. The second-order valence-electron chi connectivity index (χ2n) is 7.64. The van der Waals surface area contributed by atoms with Gasteiger partial charge in [-0.2, -0.15) is 0 Å². The van der Waals surface area contributed by atoms with E-state index in [0.29, 0.717) is 16.1 Å². The normalized spacial score (nSPS) is 15.5. The van der Waals surface area contributed by atoms with Gasteiger partial charge in [0, 0.05) is 11.7 Å². The first kappa shape index (κ1) is 19.7. The Bertz CT molecular complexity index is 1100. The van der Waals surface area contributed by atoms with Crippen molar-refractivity contribution in [1.29, 1.82) is 0 Å². The maximum atomic E-state index is 13.2. The molecular weight excluding hydrogens is 382 g/mol. The number of carbonyl (C=O) groups is 1. The first-order valence-corrected chi connectivity index (χ1v) is 11.0. The number of para-hydroxylation sites is 1. The number of fused-ring (bicyclic) bond motifs is 1. The number of benzene rings is 2. The highest BCUT2D eigenvalue weighted by Gasteiger charge is 2.25. The van der Waals surface area contributed by atoms with Crippen LogP contribution >= 0.6 is 11.8 Å². The lowest BCUT2D eigenvalue weighted by Crippen LogP contribution is -2.29. The second kappa shape index (κ2) is 8.41. The highest BCUT2D eigenvalue weighted by atomic mass is 32.2. The molecular formula is C23H25N3O2S. The largest absolute Gasteiger partial charge is 0.325 e. The van der Waals surface area contributed by atoms with Crippen LogP contribution in [0.3, 0.4) is 0 Å². The van der Waals surface area contributed by atoms with E-state index in [2.05, 4.69) is 5.32 Å². The smallest absolute Gasteiger partial charge is 0.262 e. The maximum Gasteiger partial charge on any atom is 0.262 e. The summed E-state index contributed by atoms with van der Waals surface area (Å²) in [7, 11) is 0. The van der Waals surface area contributed by atoms with Crippen molar-refractivity contribution in [2.75, 3.05) is 5.32 Å². The van der Waals surface area contributed by atoms with Crippen molar-refractivity contribution in [2.24, 2.45) is 0 Å². The molecule has 0 saturated heterocycles. The minimum atomic E-state index is -0.378. The maximum absolute atomic E-state index is 13.2. The first-order chi connectivity index (χ1) is 14.0. The molecule has 5 nitrogen and oxygen atoms in total. The van der Waals surface area contributed by atoms with E-state index in [0.717, 1.165) is 36.9 Å². The van der Waals surface area contributed by atoms with Gasteiger partial charge >= 0.3 is 0 Å². The Morgan fingerprint density at radius 2 is 1.93 bits per heavy atom. The summed E-state index contributed by atoms with van der Waals surface area (Å²) >= 11 is 1.36. The van der Waals surface area contributed by atoms with Gasteiger partial charge in [0.25, 0.3) is 5.56 Å². The lowest BCUT2D eigenvalue weighted by atomic mass is 10.2. The van der Waals surface area contributed by atoms with Crippen LogP contribution in [0.1, 0.15) is 44.2 Å². The molecule has 0 spiro atoms. The van der Waals surface area contributed by atoms with Crippen molar-refractivity contribution in [2.45, 2.75) is 56.0 Å². The third-order valence-corrected chi connectivity index (χ3v) is 6.47. The van der Waals surface area contributed by atoms with E-state index in [4.69, 9.17) is 4.98 Å². The predicted molar refractivity (Wildman–Crippen MR) is 119 cm³/mol. The Kier molecular flexibility index (Phi) is 5.72. The predicted octanol–water partition coefficient (Wildman–Crippen LogP) is 4.94. The lowest BCUT2D eigenvalue weighted by Gasteiger charge is -2.20. The molecule has 1 fully saturated rings. The molecule has 1 heterocycles. The van der Waals surface area contributed by atoms with Gasteiger partial charge in [0.05, 0.1) is 16.2 Å². The van der Waals surface area contributed by atoms with E-state index in [-0.39, 0.29) is 22.8 Å². The van der Waals surface area contributed by atoms with Gasteiger partial charge in [-0.05, 0) is 56.5 Å². The Hall–Kier alpha value is -2.60. The Balaban J connectivity index is 1.64. The fourth-order valence-electron chi connectivity index (χ4n) is 3.87. The van der Waals surface area contributed by atoms with Crippen LogP contribution in [0.4, 0.5) is 5.69 Å². The monoisotopic (exact) mass is 407 g/mol. The molecule has 150 valence electrons. The van der Waals surface area contributed by atoms with Crippen molar-refractivity contribution in [3.8, 4) is 0 Å². The third kappa shape index (κ3) is 4.22. The molecule has 1 amide bonds. The zero-order chi connectivity index (χ0) is 20.4. The molecule has 0 aliphatic heterocycles. The number of thioether (sulfide) groups is 1. The molecule has 2 aromatic carbocycles. The standard InChI is InChI=1S/C23H25N3O2S/c1-15-8-7-9-17(14-15)24-21(27)16(2)29-23-25-20-13-6-5-12-19(20)22(28)26(23)18-10-3-4-11-18/h5-9,12-14,16,18H,3-4,10-11H2,1-2H3,(H,24,27)/t16-/m0/s1. The molecule has 1 N–H and O–H groups in total. The van der Waals surface area contributed by atoms with Crippen molar-refractivity contribution in [3.63, 3.8) is 0 Å². The highest BCUT2D eigenvalue weighted by Crippen LogP contribution is 2.33. The summed E-state index contributed by atoms with van der Waals surface area (Å²) in [6.07, 6.45) is 4.21. The molecule has 4 rings (SSSR count). The van der Waals surface area contributed by atoms with E-state index >= 15 is 0 Å². The van der Waals surface area contributed by atoms with Gasteiger partial charge in [0.1, 0.15) is 0 Å². The summed E-state index contributed by atoms with van der Waals surface area (Å²) in [5, 5.41) is 3.86. The number of nitrogens with zero attached hydrogens (tertiary/aromatic N) is 2. The number of carbonyl (C=O) groups excluding carboxylic acids is 1. The van der Waals surface area contributed by atoms with Crippen LogP contribution in [-0.2, 0) is 4.79 Å². The number of rotatable bonds is 5. The van der Waals surface area contributed by atoms with E-state index in [9.17, 15) is 9.59 Å². The summed E-state index contributed by atoms with van der Waals surface area (Å²) < 4.78 is 1.83. The van der Waals surface area contributed by atoms with Gasteiger partial charge in [-0.1, -0.05) is 48.9 Å². The fourth-order valence-corrected chi connectivity index (χ4v) is 4.85. The molecule has 6 heteroatoms. The molecule has 3 aromatic rings. The average Bonchev–Trinajstić information content (AvgIpc) is 3.22. The molecule has 1 aliphatic carbocycles. The van der Waals surface area contributed by atoms with Crippen LogP contribution in [0.5, 0.6) is 0 Å². The highest BCUT2D eigenvalue weighted by molar-refractivity contribution is 8.00. The van der Waals surface area contributed by atoms with Crippen molar-refractivity contribution < 1.29 is 4.79 Å². The summed E-state index contributed by atoms with van der Waals surface area (Å²) in [5.74, 6) is -0.0963. The molecule has 1 atom stereocenters. The van der Waals surface area contributed by atoms with E-state index in [1.807, 2.05) is 66.9 Å². The number of amides is 1. The van der Waals surface area contributed by atoms with Gasteiger partial charge in [-0.3, -0.25) is 14.2 Å². The molecule has 0 radical (unpaired) electrons. The minimum Gasteiger partial charge on any atom is -0.325 e. The molecule has 1 aromatic heterocycles. The zero-order valence-corrected chi connectivity index (χ0v) is 17.5. The Morgan fingerprint density at radius 1 is 1.17 bits per heavy atom. The number of anilines is 1. The second-order valence-corrected chi connectivity index (χ2v) is 8.95. The topological polar surface area (TPSA) is 64.0 Å². The van der Waals surface area contributed by atoms with Crippen LogP contribution in [0, 0.1) is 6.92 Å². The quantitative estimate of drug-likeness (QED) is 0.481. The number of aryl methyl sites for hydroxylation is 1. The third-order valence-electron chi connectivity index (χ3n) is 5.40. The van der Waals surface area contributed by atoms with Crippen LogP contribution in [0.25, 0.3) is 10.9 Å². The number of hydrogen-bond acceptors (Lipinski definition) is 4. The Labute approximate surface area is 174 Å². The lowest BCUT2D eigenvalue weighted by molar-refractivity contribution is -0.115. The minimum absolute atomic E-state index is 0.00343. The van der Waals surface area contributed by atoms with Crippen LogP contribution in [0.15, 0.2) is 58.5 Å². The summed E-state index contributed by atoms with van der Waals surface area (Å²) in [5.41, 5.74) is 2.55. The molecule has 1 saturated carbocycles. The molecule has 0 bridgehead atoms. The van der Waals surface area contributed by atoms with Gasteiger partial charge in [0.15, 0.2) is 5.16 Å². The average molecular weight is 408 g/mol. The van der Waals surface area contributed by atoms with Gasteiger partial charge in [-0.15, -0.1) is 0 Å². The van der Waals surface area contributed by atoms with E-state index in [1.165, 1.54) is 11.8 Å². The Morgan fingerprint density at radius 3 is 2.69 bits per heavy atom. The molecule has 29 heavy (non-hydrogen) atoms. The summed E-state index contributed by atoms with van der Waals surface area (Å²) in [4.78, 5) is 30.8. The van der Waals surface area contributed by atoms with Gasteiger partial charge < -0.3 is 5.32 Å². The zero-order valence-electron chi connectivity index (χ0n) is 16.7. The summed E-state index contributed by atoms with van der Waals surface area (Å²) in [6, 6.07) is 15.3. The van der Waals surface area contributed by atoms with Gasteiger partial charge in [-0.25, -0.2) is 4.98 Å². The number of aromatic nitrogens is 2. The van der Waals surface area contributed by atoms with Crippen molar-refractivity contribution >= 4 is 34.3 Å². The first-order valence-electron chi connectivity index (χ1n) is 10.1. The SMILES string of the molecule is Cc1cccc(NC(=O)[C@H](C)Sc2nc3ccccc3c(=O)n2C2CCCC2)c1. The fraction of sp³-hybridized carbons (Fsp3) is 0.348. The van der Waals surface area contributed by atoms with Crippen LogP contribution in [-0.4, -0.2) is 20.7 Å². The number of nitrogens with one attached hydrogen (secondary N) is 1. The van der Waals surface area contributed by atoms with E-state index in [1.54, 1.807) is 0 Å². The van der Waals surface area contributed by atoms with Crippen molar-refractivity contribution in [1.82, 2.24) is 9.55 Å². The van der Waals surface area contributed by atoms with Crippen LogP contribution in [0.2, 0.25) is 0 Å². The van der Waals surface area contributed by atoms with E-state index < -0.39 is 0 Å². The van der Waals surface area contributed by atoms with Gasteiger partial charge in [0.2, 0.25) is 5.91 Å².